The summed E-state index contributed by atoms with van der Waals surface area (Å²) in [7, 11) is 0. The van der Waals surface area contributed by atoms with Crippen molar-refractivity contribution in [2.45, 2.75) is 6.18 Å². The van der Waals surface area contributed by atoms with Gasteiger partial charge < -0.3 is 14.6 Å². The van der Waals surface area contributed by atoms with E-state index in [1.54, 1.807) is 0 Å². The lowest BCUT2D eigenvalue weighted by Crippen LogP contribution is -2.21. The van der Waals surface area contributed by atoms with Crippen LogP contribution in [0.5, 0.6) is 11.5 Å². The highest BCUT2D eigenvalue weighted by Crippen LogP contribution is 2.37. The van der Waals surface area contributed by atoms with Gasteiger partial charge >= 0.3 is 11.9 Å². The first-order chi connectivity index (χ1) is 15.6. The van der Waals surface area contributed by atoms with Crippen molar-refractivity contribution in [3.8, 4) is 17.6 Å². The molecule has 0 atom stereocenters. The smallest absolute Gasteiger partial charge is 0.416 e. The normalized spacial score (nSPS) is 11.5. The molecule has 0 N–H and O–H groups in total. The van der Waals surface area contributed by atoms with E-state index in [4.69, 9.17) is 4.74 Å². The van der Waals surface area contributed by atoms with E-state index in [0.717, 1.165) is 6.07 Å². The molecule has 3 aromatic rings. The molecule has 0 aliphatic carbocycles. The Bertz CT molecular complexity index is 1280. The van der Waals surface area contributed by atoms with Gasteiger partial charge in [-0.15, -0.1) is 0 Å². The van der Waals surface area contributed by atoms with Crippen molar-refractivity contribution in [2.75, 3.05) is 0 Å². The van der Waals surface area contributed by atoms with E-state index in [-0.39, 0.29) is 22.6 Å². The van der Waals surface area contributed by atoms with Crippen LogP contribution in [0.3, 0.4) is 0 Å². The maximum atomic E-state index is 12.8. The number of carbonyl (C=O) groups is 1. The molecule has 0 spiro atoms. The van der Waals surface area contributed by atoms with Crippen LogP contribution in [0.25, 0.3) is 11.6 Å². The van der Waals surface area contributed by atoms with Crippen molar-refractivity contribution in [1.29, 1.82) is 5.26 Å². The fourth-order valence-corrected chi connectivity index (χ4v) is 2.81. The third-order valence-corrected chi connectivity index (χ3v) is 4.45. The second-order valence-corrected chi connectivity index (χ2v) is 6.64. The third-order valence-electron chi connectivity index (χ3n) is 4.45. The van der Waals surface area contributed by atoms with Crippen molar-refractivity contribution >= 4 is 23.3 Å². The van der Waals surface area contributed by atoms with E-state index in [2.05, 4.69) is 0 Å². The van der Waals surface area contributed by atoms with Crippen LogP contribution >= 0.6 is 0 Å². The van der Waals surface area contributed by atoms with Crippen molar-refractivity contribution in [1.82, 2.24) is 0 Å². The number of allylic oxidation sites excluding steroid dienone is 1. The number of hydrogen-bond donors (Lipinski definition) is 0. The van der Waals surface area contributed by atoms with Crippen molar-refractivity contribution in [3.05, 3.63) is 99.1 Å². The lowest BCUT2D eigenvalue weighted by atomic mass is 10.0. The highest BCUT2D eigenvalue weighted by atomic mass is 19.4. The number of rotatable bonds is 6. The van der Waals surface area contributed by atoms with Gasteiger partial charge in [-0.25, -0.2) is 0 Å². The monoisotopic (exact) mass is 453 g/mol. The van der Waals surface area contributed by atoms with Gasteiger partial charge in [-0.3, -0.25) is 10.1 Å². The van der Waals surface area contributed by atoms with Crippen LogP contribution < -0.4 is 9.84 Å². The maximum Gasteiger partial charge on any atom is 0.416 e. The molecule has 0 aliphatic rings. The molecular weight excluding hydrogens is 441 g/mol. The van der Waals surface area contributed by atoms with Crippen LogP contribution in [0.15, 0.2) is 66.7 Å². The summed E-state index contributed by atoms with van der Waals surface area (Å²) in [6.07, 6.45) is -3.21. The predicted molar refractivity (Wildman–Crippen MR) is 109 cm³/mol. The maximum absolute atomic E-state index is 12.8. The van der Waals surface area contributed by atoms with E-state index < -0.39 is 28.3 Å². The molecule has 0 saturated heterocycles. The number of benzene rings is 3. The summed E-state index contributed by atoms with van der Waals surface area (Å²) in [5.74, 6) is -1.57. The number of aromatic carboxylic acids is 1. The first-order valence-corrected chi connectivity index (χ1v) is 9.15. The lowest BCUT2D eigenvalue weighted by molar-refractivity contribution is -0.385. The summed E-state index contributed by atoms with van der Waals surface area (Å²) in [6.45, 7) is 0. The summed E-state index contributed by atoms with van der Waals surface area (Å²) in [5.41, 5.74) is -0.755. The number of nitriles is 1. The standard InChI is InChI=1S/C23H13F3N2O5/c24-23(25,26)18-7-10-21(20(12-18)28(31)32)33-19-8-1-14(2-9-19)11-17(13-27)15-3-5-16(6-4-15)22(29)30/h1-12H,(H,29,30)/p-1/b17-11-. The molecule has 0 amide bonds. The van der Waals surface area contributed by atoms with E-state index in [9.17, 15) is 38.4 Å². The quantitative estimate of drug-likeness (QED) is 0.228. The molecule has 3 aromatic carbocycles. The van der Waals surface area contributed by atoms with E-state index in [1.165, 1.54) is 54.6 Å². The molecular formula is C23H12F3N2O5-. The van der Waals surface area contributed by atoms with Crippen molar-refractivity contribution < 1.29 is 32.7 Å². The number of carboxylic acids is 1. The van der Waals surface area contributed by atoms with Crippen LogP contribution in [0.1, 0.15) is 27.0 Å². The summed E-state index contributed by atoms with van der Waals surface area (Å²) >= 11 is 0. The topological polar surface area (TPSA) is 116 Å². The Morgan fingerprint density at radius 3 is 2.12 bits per heavy atom. The molecule has 0 aliphatic heterocycles. The summed E-state index contributed by atoms with van der Waals surface area (Å²) in [4.78, 5) is 21.0. The van der Waals surface area contributed by atoms with E-state index in [0.29, 0.717) is 23.3 Å². The SMILES string of the molecule is N#C/C(=C/c1ccc(Oc2ccc(C(F)(F)F)cc2[N+](=O)[O-])cc1)c1ccc(C(=O)[O-])cc1. The van der Waals surface area contributed by atoms with Crippen molar-refractivity contribution in [3.63, 3.8) is 0 Å². The van der Waals surface area contributed by atoms with Gasteiger partial charge in [-0.05, 0) is 47.0 Å². The molecule has 0 radical (unpaired) electrons. The summed E-state index contributed by atoms with van der Waals surface area (Å²) in [6, 6.07) is 15.4. The number of halogens is 3. The second kappa shape index (κ2) is 9.23. The van der Waals surface area contributed by atoms with Gasteiger partial charge in [-0.2, -0.15) is 18.4 Å². The fourth-order valence-electron chi connectivity index (χ4n) is 2.81. The van der Waals surface area contributed by atoms with Gasteiger partial charge in [0.05, 0.1) is 28.1 Å². The van der Waals surface area contributed by atoms with Gasteiger partial charge in [0.15, 0.2) is 0 Å². The Kier molecular flexibility index (Phi) is 6.44. The molecule has 0 saturated carbocycles. The zero-order valence-corrected chi connectivity index (χ0v) is 16.5. The first kappa shape index (κ1) is 23.0. The van der Waals surface area contributed by atoms with Crippen LogP contribution in [-0.2, 0) is 6.18 Å². The molecule has 0 aromatic heterocycles. The van der Waals surface area contributed by atoms with Crippen LogP contribution in [0.4, 0.5) is 18.9 Å². The second-order valence-electron chi connectivity index (χ2n) is 6.64. The largest absolute Gasteiger partial charge is 0.545 e. The molecule has 33 heavy (non-hydrogen) atoms. The van der Waals surface area contributed by atoms with E-state index >= 15 is 0 Å². The molecule has 0 fully saturated rings. The number of nitro benzene ring substituents is 1. The number of nitrogens with zero attached hydrogens (tertiary/aromatic N) is 2. The highest BCUT2D eigenvalue weighted by molar-refractivity contribution is 5.91. The Morgan fingerprint density at radius 2 is 1.61 bits per heavy atom. The Morgan fingerprint density at radius 1 is 1.00 bits per heavy atom. The van der Waals surface area contributed by atoms with Crippen LogP contribution in [0.2, 0.25) is 0 Å². The minimum Gasteiger partial charge on any atom is -0.545 e. The molecule has 7 nitrogen and oxygen atoms in total. The zero-order chi connectivity index (χ0) is 24.2. The molecule has 0 bridgehead atoms. The number of carboxylic acid groups (broad SMARTS) is 1. The van der Waals surface area contributed by atoms with Gasteiger partial charge in [0.2, 0.25) is 5.75 Å². The van der Waals surface area contributed by atoms with Crippen molar-refractivity contribution in [2.24, 2.45) is 0 Å². The molecule has 166 valence electrons. The van der Waals surface area contributed by atoms with Gasteiger partial charge in [-0.1, -0.05) is 36.4 Å². The average Bonchev–Trinajstić information content (AvgIpc) is 2.78. The molecule has 10 heteroatoms. The Labute approximate surface area is 184 Å². The lowest BCUT2D eigenvalue weighted by Gasteiger charge is -2.10. The van der Waals surface area contributed by atoms with Gasteiger partial charge in [0.25, 0.3) is 0 Å². The fraction of sp³-hybridized carbons (Fsp3) is 0.0435. The number of hydrogen-bond acceptors (Lipinski definition) is 6. The zero-order valence-electron chi connectivity index (χ0n) is 16.5. The minimum atomic E-state index is -4.74. The average molecular weight is 453 g/mol. The number of ether oxygens (including phenoxy) is 1. The van der Waals surface area contributed by atoms with Gasteiger partial charge in [0.1, 0.15) is 5.75 Å². The first-order valence-electron chi connectivity index (χ1n) is 9.15. The summed E-state index contributed by atoms with van der Waals surface area (Å²) in [5, 5.41) is 31.4. The number of carbonyl (C=O) groups excluding carboxylic acids is 1. The molecule has 0 unspecified atom stereocenters. The molecule has 3 rings (SSSR count). The summed E-state index contributed by atoms with van der Waals surface area (Å²) < 4.78 is 43.9. The van der Waals surface area contributed by atoms with E-state index in [1.807, 2.05) is 6.07 Å². The Balaban J connectivity index is 1.83. The number of nitro groups is 1. The number of alkyl halides is 3. The van der Waals surface area contributed by atoms with Gasteiger partial charge in [0, 0.05) is 6.07 Å². The highest BCUT2D eigenvalue weighted by Gasteiger charge is 2.33. The van der Waals surface area contributed by atoms with Crippen LogP contribution in [-0.4, -0.2) is 10.9 Å². The minimum absolute atomic E-state index is 0.0325. The predicted octanol–water partition coefficient (Wildman–Crippen LogP) is 4.83. The third kappa shape index (κ3) is 5.54. The Hall–Kier alpha value is -4.65. The molecule has 0 heterocycles. The van der Waals surface area contributed by atoms with Crippen LogP contribution in [0, 0.1) is 21.4 Å².